The molecule has 0 saturated heterocycles. The van der Waals surface area contributed by atoms with Crippen LogP contribution in [-0.2, 0) is 10.2 Å². The molecule has 0 aromatic heterocycles. The topological polar surface area (TPSA) is 46.5 Å². The number of rotatable bonds is 4. The van der Waals surface area contributed by atoms with E-state index in [0.717, 1.165) is 0 Å². The fraction of sp³-hybridized carbons (Fsp3) is 0.417. The van der Waals surface area contributed by atoms with Crippen molar-refractivity contribution in [3.05, 3.63) is 28.0 Å². The monoisotopic (exact) mass is 304 g/mol. The summed E-state index contributed by atoms with van der Waals surface area (Å²) in [7, 11) is 1.44. The van der Waals surface area contributed by atoms with E-state index >= 15 is 0 Å². The molecule has 17 heavy (non-hydrogen) atoms. The number of ether oxygens (including phenoxy) is 1. The molecular weight excluding hydrogens is 291 g/mol. The average Bonchev–Trinajstić information content (AvgIpc) is 2.18. The summed E-state index contributed by atoms with van der Waals surface area (Å²) in [5.41, 5.74) is -0.100. The number of carbonyl (C=O) groups is 1. The second-order valence-electron chi connectivity index (χ2n) is 4.42. The lowest BCUT2D eigenvalue weighted by Gasteiger charge is -2.25. The minimum absolute atomic E-state index is 0.0851. The number of halogens is 2. The van der Waals surface area contributed by atoms with Gasteiger partial charge in [0.2, 0.25) is 0 Å². The van der Waals surface area contributed by atoms with E-state index in [0.29, 0.717) is 15.8 Å². The number of aliphatic carboxylic acids is 1. The van der Waals surface area contributed by atoms with Gasteiger partial charge >= 0.3 is 5.97 Å². The number of hydrogen-bond acceptors (Lipinski definition) is 2. The average molecular weight is 305 g/mol. The van der Waals surface area contributed by atoms with Crippen molar-refractivity contribution in [2.75, 3.05) is 7.11 Å². The minimum atomic E-state index is -0.926. The van der Waals surface area contributed by atoms with Crippen LogP contribution in [0.25, 0.3) is 0 Å². The first-order chi connectivity index (χ1) is 7.77. The van der Waals surface area contributed by atoms with Crippen molar-refractivity contribution in [1.29, 1.82) is 0 Å². The Bertz CT molecular complexity index is 444. The Kier molecular flexibility index (Phi) is 4.14. The normalized spacial score (nSPS) is 11.4. The van der Waals surface area contributed by atoms with Crippen molar-refractivity contribution < 1.29 is 19.0 Å². The Morgan fingerprint density at radius 1 is 1.53 bits per heavy atom. The van der Waals surface area contributed by atoms with E-state index in [1.807, 2.05) is 0 Å². The van der Waals surface area contributed by atoms with E-state index in [1.54, 1.807) is 13.8 Å². The van der Waals surface area contributed by atoms with Gasteiger partial charge in [-0.05, 0) is 27.6 Å². The summed E-state index contributed by atoms with van der Waals surface area (Å²) < 4.78 is 19.0. The molecule has 1 aromatic rings. The highest BCUT2D eigenvalue weighted by Crippen LogP contribution is 2.38. The van der Waals surface area contributed by atoms with Gasteiger partial charge in [0.25, 0.3) is 0 Å². The Labute approximate surface area is 108 Å². The zero-order valence-corrected chi connectivity index (χ0v) is 11.5. The first kappa shape index (κ1) is 14.0. The third-order valence-electron chi connectivity index (χ3n) is 2.55. The summed E-state index contributed by atoms with van der Waals surface area (Å²) in [6.07, 6.45) is -0.0851. The van der Waals surface area contributed by atoms with Crippen molar-refractivity contribution >= 4 is 21.9 Å². The minimum Gasteiger partial charge on any atom is -0.495 e. The van der Waals surface area contributed by atoms with E-state index in [-0.39, 0.29) is 6.42 Å². The van der Waals surface area contributed by atoms with Crippen LogP contribution in [0.3, 0.4) is 0 Å². The molecule has 1 rings (SSSR count). The van der Waals surface area contributed by atoms with Crippen LogP contribution in [0.2, 0.25) is 0 Å². The van der Waals surface area contributed by atoms with Crippen LogP contribution in [0.15, 0.2) is 16.6 Å². The Morgan fingerprint density at radius 3 is 2.59 bits per heavy atom. The maximum absolute atomic E-state index is 13.4. The van der Waals surface area contributed by atoms with Crippen LogP contribution >= 0.6 is 15.9 Å². The second-order valence-corrected chi connectivity index (χ2v) is 5.22. The number of hydrogen-bond donors (Lipinski definition) is 1. The molecule has 0 atom stereocenters. The SMILES string of the molecule is COc1cc(F)cc(C(C)(C)CC(=O)O)c1Br. The summed E-state index contributed by atoms with van der Waals surface area (Å²) in [5, 5.41) is 8.86. The van der Waals surface area contributed by atoms with Crippen molar-refractivity contribution in [2.45, 2.75) is 25.7 Å². The summed E-state index contributed by atoms with van der Waals surface area (Å²) in [5.74, 6) is -1.01. The molecule has 0 aliphatic heterocycles. The molecule has 1 N–H and O–H groups in total. The standard InChI is InChI=1S/C12H14BrFO3/c1-12(2,6-10(15)16)8-4-7(14)5-9(17-3)11(8)13/h4-5H,6H2,1-3H3,(H,15,16). The third kappa shape index (κ3) is 3.19. The van der Waals surface area contributed by atoms with E-state index in [1.165, 1.54) is 19.2 Å². The van der Waals surface area contributed by atoms with Gasteiger partial charge in [0, 0.05) is 11.5 Å². The highest BCUT2D eigenvalue weighted by Gasteiger charge is 2.28. The fourth-order valence-electron chi connectivity index (χ4n) is 1.68. The van der Waals surface area contributed by atoms with Gasteiger partial charge in [-0.1, -0.05) is 13.8 Å². The van der Waals surface area contributed by atoms with Crippen molar-refractivity contribution in [3.8, 4) is 5.75 Å². The summed E-state index contributed by atoms with van der Waals surface area (Å²) in [4.78, 5) is 10.8. The van der Waals surface area contributed by atoms with Crippen molar-refractivity contribution in [1.82, 2.24) is 0 Å². The lowest BCUT2D eigenvalue weighted by molar-refractivity contribution is -0.138. The van der Waals surface area contributed by atoms with Gasteiger partial charge in [0.05, 0.1) is 18.0 Å². The van der Waals surface area contributed by atoms with E-state index < -0.39 is 17.2 Å². The molecule has 0 heterocycles. The first-order valence-electron chi connectivity index (χ1n) is 5.03. The molecule has 94 valence electrons. The zero-order valence-electron chi connectivity index (χ0n) is 9.88. The van der Waals surface area contributed by atoms with Gasteiger partial charge in [0.15, 0.2) is 0 Å². The van der Waals surface area contributed by atoms with Crippen molar-refractivity contribution in [3.63, 3.8) is 0 Å². The Morgan fingerprint density at radius 2 is 2.12 bits per heavy atom. The van der Waals surface area contributed by atoms with Gasteiger partial charge in [-0.25, -0.2) is 4.39 Å². The molecule has 3 nitrogen and oxygen atoms in total. The van der Waals surface area contributed by atoms with Gasteiger partial charge in [0.1, 0.15) is 11.6 Å². The highest BCUT2D eigenvalue weighted by molar-refractivity contribution is 9.10. The zero-order chi connectivity index (χ0) is 13.2. The van der Waals surface area contributed by atoms with Crippen LogP contribution < -0.4 is 4.74 Å². The quantitative estimate of drug-likeness (QED) is 0.928. The predicted octanol–water partition coefficient (Wildman–Crippen LogP) is 3.35. The van der Waals surface area contributed by atoms with Crippen LogP contribution in [0.1, 0.15) is 25.8 Å². The summed E-state index contributed by atoms with van der Waals surface area (Å²) in [6.45, 7) is 3.50. The lowest BCUT2D eigenvalue weighted by Crippen LogP contribution is -2.22. The van der Waals surface area contributed by atoms with Gasteiger partial charge in [-0.15, -0.1) is 0 Å². The molecule has 0 aliphatic rings. The molecule has 0 bridgehead atoms. The Balaban J connectivity index is 3.29. The summed E-state index contributed by atoms with van der Waals surface area (Å²) in [6, 6.07) is 2.58. The van der Waals surface area contributed by atoms with Gasteiger partial charge in [-0.2, -0.15) is 0 Å². The molecule has 1 aromatic carbocycles. The molecule has 0 amide bonds. The highest BCUT2D eigenvalue weighted by atomic mass is 79.9. The van der Waals surface area contributed by atoms with Crippen LogP contribution in [0.5, 0.6) is 5.75 Å². The maximum atomic E-state index is 13.4. The molecule has 0 aliphatic carbocycles. The molecule has 0 unspecified atom stereocenters. The van der Waals surface area contributed by atoms with Crippen LogP contribution in [0.4, 0.5) is 4.39 Å². The molecular formula is C12H14BrFO3. The second kappa shape index (κ2) is 5.04. The smallest absolute Gasteiger partial charge is 0.304 e. The Hall–Kier alpha value is -1.10. The molecule has 0 fully saturated rings. The first-order valence-corrected chi connectivity index (χ1v) is 5.82. The third-order valence-corrected chi connectivity index (χ3v) is 3.36. The van der Waals surface area contributed by atoms with Crippen LogP contribution in [-0.4, -0.2) is 18.2 Å². The molecule has 5 heteroatoms. The van der Waals surface area contributed by atoms with Gasteiger partial charge < -0.3 is 9.84 Å². The van der Waals surface area contributed by atoms with E-state index in [9.17, 15) is 9.18 Å². The number of benzene rings is 1. The lowest BCUT2D eigenvalue weighted by atomic mass is 9.81. The molecule has 0 spiro atoms. The number of carboxylic acid groups (broad SMARTS) is 1. The number of carboxylic acids is 1. The van der Waals surface area contributed by atoms with E-state index in [2.05, 4.69) is 15.9 Å². The maximum Gasteiger partial charge on any atom is 0.304 e. The van der Waals surface area contributed by atoms with Crippen LogP contribution in [0, 0.1) is 5.82 Å². The van der Waals surface area contributed by atoms with E-state index in [4.69, 9.17) is 9.84 Å². The molecule has 0 radical (unpaired) electrons. The predicted molar refractivity (Wildman–Crippen MR) is 65.9 cm³/mol. The fourth-order valence-corrected chi connectivity index (χ4v) is 2.61. The number of methoxy groups -OCH3 is 1. The molecule has 0 saturated carbocycles. The van der Waals surface area contributed by atoms with Gasteiger partial charge in [-0.3, -0.25) is 4.79 Å². The van der Waals surface area contributed by atoms with Crippen molar-refractivity contribution in [2.24, 2.45) is 0 Å². The summed E-state index contributed by atoms with van der Waals surface area (Å²) >= 11 is 3.32. The largest absolute Gasteiger partial charge is 0.495 e.